The summed E-state index contributed by atoms with van der Waals surface area (Å²) in [7, 11) is 0. The van der Waals surface area contributed by atoms with Gasteiger partial charge < -0.3 is 9.47 Å². The fourth-order valence-electron chi connectivity index (χ4n) is 4.63. The van der Waals surface area contributed by atoms with Crippen LogP contribution in [-0.2, 0) is 9.59 Å². The molecule has 4 nitrogen and oxygen atoms in total. The highest BCUT2D eigenvalue weighted by atomic mass is 19.1. The quantitative estimate of drug-likeness (QED) is 0.0633. The Morgan fingerprint density at radius 3 is 1.16 bits per heavy atom. The van der Waals surface area contributed by atoms with E-state index in [0.717, 1.165) is 44.2 Å². The van der Waals surface area contributed by atoms with Gasteiger partial charge in [-0.15, -0.1) is 0 Å². The molecule has 0 aliphatic carbocycles. The SMILES string of the molecule is O=C(CCCCCCCCCC(=O)Oc1ccc(-c2ccc(F)cc2)c(F)c1)Oc1ccc(-c2ccc(F)cc2)c(F)c1. The molecular formula is C35H32F4O4. The van der Waals surface area contributed by atoms with Gasteiger partial charge >= 0.3 is 11.9 Å². The zero-order valence-electron chi connectivity index (χ0n) is 23.6. The van der Waals surface area contributed by atoms with E-state index in [9.17, 15) is 27.2 Å². The first-order chi connectivity index (χ1) is 20.8. The predicted octanol–water partition coefficient (Wildman–Crippen LogP) is 9.60. The largest absolute Gasteiger partial charge is 0.426 e. The molecule has 4 rings (SSSR count). The van der Waals surface area contributed by atoms with Gasteiger partial charge in [0, 0.05) is 36.1 Å². The van der Waals surface area contributed by atoms with Crippen LogP contribution in [0, 0.1) is 23.3 Å². The van der Waals surface area contributed by atoms with Crippen LogP contribution in [0.25, 0.3) is 22.3 Å². The first-order valence-corrected chi connectivity index (χ1v) is 14.3. The van der Waals surface area contributed by atoms with E-state index in [1.165, 1.54) is 72.8 Å². The van der Waals surface area contributed by atoms with E-state index in [4.69, 9.17) is 9.47 Å². The molecule has 8 heteroatoms. The monoisotopic (exact) mass is 592 g/mol. The Kier molecular flexibility index (Phi) is 11.5. The fourth-order valence-corrected chi connectivity index (χ4v) is 4.63. The van der Waals surface area contributed by atoms with Gasteiger partial charge in [-0.05, 0) is 72.5 Å². The number of hydrogen-bond acceptors (Lipinski definition) is 4. The predicted molar refractivity (Wildman–Crippen MR) is 156 cm³/mol. The Balaban J connectivity index is 1.05. The van der Waals surface area contributed by atoms with Crippen LogP contribution in [0.1, 0.15) is 57.8 Å². The van der Waals surface area contributed by atoms with Crippen molar-refractivity contribution < 1.29 is 36.6 Å². The van der Waals surface area contributed by atoms with E-state index in [0.29, 0.717) is 35.1 Å². The molecule has 0 aliphatic heterocycles. The number of unbranched alkanes of at least 4 members (excludes halogenated alkanes) is 6. The summed E-state index contributed by atoms with van der Waals surface area (Å²) in [6, 6.07) is 19.3. The van der Waals surface area contributed by atoms with Gasteiger partial charge in [0.15, 0.2) is 0 Å². The van der Waals surface area contributed by atoms with Crippen LogP contribution in [0.3, 0.4) is 0 Å². The van der Waals surface area contributed by atoms with Crippen molar-refractivity contribution in [3.05, 3.63) is 108 Å². The fraction of sp³-hybridized carbons (Fsp3) is 0.257. The van der Waals surface area contributed by atoms with Gasteiger partial charge in [0.05, 0.1) is 0 Å². The third-order valence-corrected chi connectivity index (χ3v) is 6.92. The lowest BCUT2D eigenvalue weighted by atomic mass is 10.0. The number of benzene rings is 4. The van der Waals surface area contributed by atoms with Crippen molar-refractivity contribution in [2.75, 3.05) is 0 Å². The molecule has 224 valence electrons. The summed E-state index contributed by atoms with van der Waals surface area (Å²) in [5.74, 6) is -2.55. The Labute approximate surface area is 248 Å². The van der Waals surface area contributed by atoms with Crippen LogP contribution in [0.4, 0.5) is 17.6 Å². The number of carbonyl (C=O) groups excluding carboxylic acids is 2. The smallest absolute Gasteiger partial charge is 0.311 e. The van der Waals surface area contributed by atoms with Gasteiger partial charge in [-0.1, -0.05) is 56.4 Å². The second kappa shape index (κ2) is 15.7. The topological polar surface area (TPSA) is 52.6 Å². The molecule has 0 fully saturated rings. The van der Waals surface area contributed by atoms with Gasteiger partial charge in [0.2, 0.25) is 0 Å². The summed E-state index contributed by atoms with van der Waals surface area (Å²) in [5, 5.41) is 0. The summed E-state index contributed by atoms with van der Waals surface area (Å²) in [6.45, 7) is 0. The van der Waals surface area contributed by atoms with Crippen molar-refractivity contribution >= 4 is 11.9 Å². The molecule has 0 saturated heterocycles. The van der Waals surface area contributed by atoms with Crippen molar-refractivity contribution in [2.24, 2.45) is 0 Å². The molecular weight excluding hydrogens is 560 g/mol. The van der Waals surface area contributed by atoms with Gasteiger partial charge in [0.25, 0.3) is 0 Å². The maximum atomic E-state index is 14.5. The van der Waals surface area contributed by atoms with Gasteiger partial charge in [-0.25, -0.2) is 17.6 Å². The number of halogens is 4. The van der Waals surface area contributed by atoms with E-state index < -0.39 is 35.2 Å². The highest BCUT2D eigenvalue weighted by Gasteiger charge is 2.12. The lowest BCUT2D eigenvalue weighted by Crippen LogP contribution is -2.08. The normalized spacial score (nSPS) is 10.9. The number of esters is 2. The summed E-state index contributed by atoms with van der Waals surface area (Å²) in [5.41, 5.74) is 1.64. The lowest BCUT2D eigenvalue weighted by molar-refractivity contribution is -0.135. The van der Waals surface area contributed by atoms with Crippen LogP contribution in [0.2, 0.25) is 0 Å². The van der Waals surface area contributed by atoms with Crippen LogP contribution < -0.4 is 9.47 Å². The summed E-state index contributed by atoms with van der Waals surface area (Å²) >= 11 is 0. The standard InChI is InChI=1S/C35H32F4O4/c36-26-14-10-24(11-15-26)30-20-18-28(22-32(30)38)42-34(40)8-6-4-2-1-3-5-7-9-35(41)43-29-19-21-31(33(39)23-29)25-12-16-27(37)17-13-25/h10-23H,1-9H2. The molecule has 0 aliphatic rings. The van der Waals surface area contributed by atoms with E-state index in [-0.39, 0.29) is 24.3 Å². The zero-order chi connectivity index (χ0) is 30.6. The zero-order valence-corrected chi connectivity index (χ0v) is 23.6. The van der Waals surface area contributed by atoms with Crippen LogP contribution in [-0.4, -0.2) is 11.9 Å². The van der Waals surface area contributed by atoms with Crippen molar-refractivity contribution in [1.29, 1.82) is 0 Å². The Bertz CT molecular complexity index is 1400. The van der Waals surface area contributed by atoms with Gasteiger partial charge in [0.1, 0.15) is 34.8 Å². The van der Waals surface area contributed by atoms with Crippen molar-refractivity contribution in [3.8, 4) is 33.8 Å². The number of hydrogen-bond donors (Lipinski definition) is 0. The molecule has 0 aromatic heterocycles. The second-order valence-corrected chi connectivity index (χ2v) is 10.2. The van der Waals surface area contributed by atoms with Crippen molar-refractivity contribution in [1.82, 2.24) is 0 Å². The van der Waals surface area contributed by atoms with E-state index in [1.54, 1.807) is 0 Å². The van der Waals surface area contributed by atoms with Crippen molar-refractivity contribution in [2.45, 2.75) is 57.8 Å². The average molecular weight is 593 g/mol. The first kappa shape index (κ1) is 31.5. The molecule has 0 N–H and O–H groups in total. The molecule has 43 heavy (non-hydrogen) atoms. The summed E-state index contributed by atoms with van der Waals surface area (Å²) in [6.07, 6.45) is 6.24. The molecule has 0 heterocycles. The first-order valence-electron chi connectivity index (χ1n) is 14.3. The minimum atomic E-state index is -0.559. The molecule has 0 spiro atoms. The highest BCUT2D eigenvalue weighted by molar-refractivity contribution is 5.74. The van der Waals surface area contributed by atoms with E-state index in [2.05, 4.69) is 0 Å². The molecule has 0 saturated carbocycles. The minimum absolute atomic E-state index is 0.124. The van der Waals surface area contributed by atoms with E-state index in [1.807, 2.05) is 0 Å². The van der Waals surface area contributed by atoms with Gasteiger partial charge in [-0.3, -0.25) is 9.59 Å². The Morgan fingerprint density at radius 2 is 0.814 bits per heavy atom. The molecule has 0 bridgehead atoms. The number of ether oxygens (including phenoxy) is 2. The van der Waals surface area contributed by atoms with E-state index >= 15 is 0 Å². The highest BCUT2D eigenvalue weighted by Crippen LogP contribution is 2.28. The van der Waals surface area contributed by atoms with Gasteiger partial charge in [-0.2, -0.15) is 0 Å². The Morgan fingerprint density at radius 1 is 0.465 bits per heavy atom. The maximum absolute atomic E-state index is 14.5. The third kappa shape index (κ3) is 9.81. The minimum Gasteiger partial charge on any atom is -0.426 e. The third-order valence-electron chi connectivity index (χ3n) is 6.92. The molecule has 0 atom stereocenters. The molecule has 4 aromatic rings. The second-order valence-electron chi connectivity index (χ2n) is 10.2. The summed E-state index contributed by atoms with van der Waals surface area (Å²) < 4.78 is 65.6. The lowest BCUT2D eigenvalue weighted by Gasteiger charge is -2.08. The van der Waals surface area contributed by atoms with Crippen LogP contribution in [0.5, 0.6) is 11.5 Å². The van der Waals surface area contributed by atoms with Crippen LogP contribution >= 0.6 is 0 Å². The average Bonchev–Trinajstić information content (AvgIpc) is 2.98. The summed E-state index contributed by atoms with van der Waals surface area (Å²) in [4.78, 5) is 24.3. The number of rotatable bonds is 14. The van der Waals surface area contributed by atoms with Crippen molar-refractivity contribution in [3.63, 3.8) is 0 Å². The van der Waals surface area contributed by atoms with Crippen LogP contribution in [0.15, 0.2) is 84.9 Å². The maximum Gasteiger partial charge on any atom is 0.311 e. The molecule has 0 unspecified atom stereocenters. The molecule has 0 radical (unpaired) electrons. The molecule has 0 amide bonds. The molecule has 4 aromatic carbocycles. The number of carbonyl (C=O) groups is 2. The Hall–Kier alpha value is -4.46.